The summed E-state index contributed by atoms with van der Waals surface area (Å²) in [7, 11) is -4.74. The smallest absolute Gasteiger partial charge is 0.416 e. The van der Waals surface area contributed by atoms with Crippen LogP contribution in [0.15, 0.2) is 36.9 Å². The molecule has 10 heteroatoms. The van der Waals surface area contributed by atoms with E-state index in [0.717, 1.165) is 30.3 Å². The number of hydrogen-bond donors (Lipinski definition) is 0. The number of esters is 1. The van der Waals surface area contributed by atoms with Gasteiger partial charge in [0.1, 0.15) is 0 Å². The zero-order valence-corrected chi connectivity index (χ0v) is 16.7. The van der Waals surface area contributed by atoms with Crippen molar-refractivity contribution >= 4 is 13.6 Å². The van der Waals surface area contributed by atoms with Crippen molar-refractivity contribution in [3.8, 4) is 0 Å². The van der Waals surface area contributed by atoms with E-state index in [0.29, 0.717) is 0 Å². The lowest BCUT2D eigenvalue weighted by Gasteiger charge is -2.35. The molecule has 0 heterocycles. The van der Waals surface area contributed by atoms with Gasteiger partial charge in [-0.25, -0.2) is 9.18 Å². The van der Waals surface area contributed by atoms with Crippen LogP contribution in [0, 0.1) is 0 Å². The number of halogens is 4. The number of benzene rings is 1. The number of carbonyl (C=O) groups excluding carboxylic acids is 1. The Hall–Kier alpha value is -1.70. The first-order valence-corrected chi connectivity index (χ1v) is 10.1. The maximum Gasteiger partial charge on any atom is 0.416 e. The summed E-state index contributed by atoms with van der Waals surface area (Å²) in [5.74, 6) is -3.15. The number of rotatable bonds is 10. The predicted molar refractivity (Wildman–Crippen MR) is 95.7 cm³/mol. The van der Waals surface area contributed by atoms with Gasteiger partial charge in [0.15, 0.2) is 0 Å². The van der Waals surface area contributed by atoms with E-state index in [1.165, 1.54) is 20.8 Å². The lowest BCUT2D eigenvalue weighted by molar-refractivity contribution is -0.153. The summed E-state index contributed by atoms with van der Waals surface area (Å²) in [6, 6.07) is 3.41. The van der Waals surface area contributed by atoms with Crippen LogP contribution in [0.3, 0.4) is 0 Å². The first-order valence-electron chi connectivity index (χ1n) is 8.56. The molecule has 28 heavy (non-hydrogen) atoms. The first kappa shape index (κ1) is 24.3. The molecule has 0 unspecified atom stereocenters. The summed E-state index contributed by atoms with van der Waals surface area (Å²) in [5.41, 5.74) is -1.03. The van der Waals surface area contributed by atoms with E-state index in [1.54, 1.807) is 0 Å². The molecule has 158 valence electrons. The summed E-state index contributed by atoms with van der Waals surface area (Å²) in [5, 5.41) is -3.34. The van der Waals surface area contributed by atoms with Crippen molar-refractivity contribution in [3.63, 3.8) is 0 Å². The Balaban J connectivity index is 3.59. The van der Waals surface area contributed by atoms with Crippen LogP contribution in [-0.2, 0) is 29.3 Å². The summed E-state index contributed by atoms with van der Waals surface area (Å²) >= 11 is 0. The van der Waals surface area contributed by atoms with E-state index >= 15 is 4.39 Å². The second kappa shape index (κ2) is 9.67. The van der Waals surface area contributed by atoms with Gasteiger partial charge in [0.05, 0.1) is 31.3 Å². The monoisotopic (exact) mass is 426 g/mol. The third-order valence-corrected chi connectivity index (χ3v) is 6.26. The minimum absolute atomic E-state index is 0.0711. The molecule has 5 nitrogen and oxygen atoms in total. The van der Waals surface area contributed by atoms with Crippen molar-refractivity contribution in [2.45, 2.75) is 38.3 Å². The molecule has 0 saturated heterocycles. The molecule has 1 aromatic carbocycles. The van der Waals surface area contributed by atoms with Crippen molar-refractivity contribution in [3.05, 3.63) is 48.0 Å². The number of ether oxygens (including phenoxy) is 1. The average Bonchev–Trinajstić information content (AvgIpc) is 2.62. The lowest BCUT2D eigenvalue weighted by Crippen LogP contribution is -2.42. The van der Waals surface area contributed by atoms with Crippen molar-refractivity contribution in [1.29, 1.82) is 0 Å². The Kier molecular flexibility index (Phi) is 8.41. The molecule has 0 spiro atoms. The van der Waals surface area contributed by atoms with E-state index in [4.69, 9.17) is 13.8 Å². The van der Waals surface area contributed by atoms with Crippen molar-refractivity contribution in [1.82, 2.24) is 0 Å². The SMILES string of the molecule is C=C[C@H](c1ccc(C(F)(F)F)cc1)[C@](F)(C(=O)OCC)P(=O)(OCC)OCC. The van der Waals surface area contributed by atoms with Gasteiger partial charge in [0.25, 0.3) is 0 Å². The summed E-state index contributed by atoms with van der Waals surface area (Å²) in [4.78, 5) is 12.5. The molecule has 2 atom stereocenters. The number of alkyl halides is 4. The highest BCUT2D eigenvalue weighted by molar-refractivity contribution is 7.56. The van der Waals surface area contributed by atoms with Crippen LogP contribution in [0.4, 0.5) is 17.6 Å². The van der Waals surface area contributed by atoms with Gasteiger partial charge >= 0.3 is 25.2 Å². The predicted octanol–water partition coefficient (Wildman–Crippen LogP) is 5.47. The molecular formula is C18H23F4O5P. The standard InChI is InChI=1S/C18H23F4O5P/c1-5-15(13-9-11-14(12-10-13)18(20,21)22)17(19,16(23)25-6-2)28(24,26-7-3)27-8-4/h5,9-12,15H,1,6-8H2,2-4H3/t15-,17-/m1/s1. The van der Waals surface area contributed by atoms with Gasteiger partial charge in [-0.3, -0.25) is 4.57 Å². The quantitative estimate of drug-likeness (QED) is 0.215. The minimum Gasteiger partial charge on any atom is -0.463 e. The fourth-order valence-corrected chi connectivity index (χ4v) is 4.61. The third kappa shape index (κ3) is 4.82. The Morgan fingerprint density at radius 3 is 1.93 bits per heavy atom. The molecular weight excluding hydrogens is 403 g/mol. The molecule has 1 rings (SSSR count). The first-order chi connectivity index (χ1) is 13.0. The Labute approximate surface area is 161 Å². The molecule has 0 fully saturated rings. The fraction of sp³-hybridized carbons (Fsp3) is 0.500. The van der Waals surface area contributed by atoms with Crippen LogP contribution in [0.1, 0.15) is 37.8 Å². The third-order valence-electron chi connectivity index (χ3n) is 3.80. The fourth-order valence-electron chi connectivity index (χ4n) is 2.60. The van der Waals surface area contributed by atoms with E-state index in [1.807, 2.05) is 0 Å². The number of allylic oxidation sites excluding steroid dienone is 1. The molecule has 1 aromatic rings. The summed E-state index contributed by atoms with van der Waals surface area (Å²) in [6.07, 6.45) is -3.63. The maximum atomic E-state index is 16.2. The molecule has 0 N–H and O–H groups in total. The van der Waals surface area contributed by atoms with E-state index in [-0.39, 0.29) is 25.4 Å². The second-order valence-electron chi connectivity index (χ2n) is 5.56. The van der Waals surface area contributed by atoms with Gasteiger partial charge in [-0.2, -0.15) is 13.2 Å². The molecule has 0 saturated carbocycles. The minimum atomic E-state index is -4.74. The summed E-state index contributed by atoms with van der Waals surface area (Å²) < 4.78 is 82.6. The summed E-state index contributed by atoms with van der Waals surface area (Å²) in [6.45, 7) is 7.03. The van der Waals surface area contributed by atoms with Gasteiger partial charge in [0, 0.05) is 0 Å². The van der Waals surface area contributed by atoms with Crippen LogP contribution < -0.4 is 0 Å². The van der Waals surface area contributed by atoms with Crippen molar-refractivity contribution in [2.24, 2.45) is 0 Å². The van der Waals surface area contributed by atoms with Gasteiger partial charge in [0.2, 0.25) is 0 Å². The van der Waals surface area contributed by atoms with Crippen LogP contribution in [0.2, 0.25) is 0 Å². The van der Waals surface area contributed by atoms with Gasteiger partial charge in [-0.1, -0.05) is 18.2 Å². The Morgan fingerprint density at radius 2 is 1.57 bits per heavy atom. The highest BCUT2D eigenvalue weighted by atomic mass is 31.2. The van der Waals surface area contributed by atoms with E-state index in [9.17, 15) is 22.5 Å². The van der Waals surface area contributed by atoms with Gasteiger partial charge in [-0.05, 0) is 38.5 Å². The van der Waals surface area contributed by atoms with E-state index in [2.05, 4.69) is 6.58 Å². The molecule has 0 amide bonds. The number of carbonyl (C=O) groups is 1. The van der Waals surface area contributed by atoms with Crippen LogP contribution in [0.25, 0.3) is 0 Å². The molecule has 0 bridgehead atoms. The van der Waals surface area contributed by atoms with Crippen molar-refractivity contribution < 1.29 is 40.7 Å². The Bertz CT molecular complexity index is 710. The van der Waals surface area contributed by atoms with E-state index < -0.39 is 36.6 Å². The van der Waals surface area contributed by atoms with Crippen LogP contribution in [-0.4, -0.2) is 31.2 Å². The molecule has 0 aliphatic carbocycles. The molecule has 0 aromatic heterocycles. The van der Waals surface area contributed by atoms with Gasteiger partial charge in [-0.15, -0.1) is 6.58 Å². The number of hydrogen-bond acceptors (Lipinski definition) is 5. The van der Waals surface area contributed by atoms with Gasteiger partial charge < -0.3 is 13.8 Å². The second-order valence-corrected chi connectivity index (χ2v) is 7.72. The highest BCUT2D eigenvalue weighted by Crippen LogP contribution is 2.66. The van der Waals surface area contributed by atoms with Crippen LogP contribution >= 0.6 is 7.60 Å². The zero-order valence-electron chi connectivity index (χ0n) is 15.8. The normalized spacial score (nSPS) is 15.5. The molecule has 0 radical (unpaired) electrons. The molecule has 0 aliphatic heterocycles. The van der Waals surface area contributed by atoms with Crippen LogP contribution in [0.5, 0.6) is 0 Å². The zero-order chi connectivity index (χ0) is 21.6. The highest BCUT2D eigenvalue weighted by Gasteiger charge is 2.64. The van der Waals surface area contributed by atoms with Crippen molar-refractivity contribution in [2.75, 3.05) is 19.8 Å². The average molecular weight is 426 g/mol. The Morgan fingerprint density at radius 1 is 1.07 bits per heavy atom. The lowest BCUT2D eigenvalue weighted by atomic mass is 9.93. The topological polar surface area (TPSA) is 61.8 Å². The maximum absolute atomic E-state index is 16.2. The largest absolute Gasteiger partial charge is 0.463 e. The molecule has 0 aliphatic rings.